The van der Waals surface area contributed by atoms with Crippen LogP contribution in [0, 0.1) is 6.92 Å². The summed E-state index contributed by atoms with van der Waals surface area (Å²) in [5.74, 6) is 0. The van der Waals surface area contributed by atoms with Crippen LogP contribution in [0.2, 0.25) is 0 Å². The first-order chi connectivity index (χ1) is 7.29. The second kappa shape index (κ2) is 5.08. The Morgan fingerprint density at radius 1 is 1.38 bits per heavy atom. The molecule has 0 aliphatic carbocycles. The number of benzene rings is 1. The standard InChI is InChI=1S/C11H13BrF3N/c1-7(6-11(13,14)15)16-10-5-3-4-9(12)8(10)2/h3-5,7,16H,6H2,1-2H3. The van der Waals surface area contributed by atoms with E-state index in [9.17, 15) is 13.2 Å². The minimum Gasteiger partial charge on any atom is -0.382 e. The van der Waals surface area contributed by atoms with Crippen molar-refractivity contribution in [3.05, 3.63) is 28.2 Å². The number of rotatable bonds is 3. The first-order valence-electron chi connectivity index (χ1n) is 4.88. The monoisotopic (exact) mass is 295 g/mol. The van der Waals surface area contributed by atoms with Crippen LogP contribution in [0.15, 0.2) is 22.7 Å². The maximum absolute atomic E-state index is 12.1. The van der Waals surface area contributed by atoms with E-state index < -0.39 is 18.6 Å². The topological polar surface area (TPSA) is 12.0 Å². The fourth-order valence-corrected chi connectivity index (χ4v) is 1.79. The van der Waals surface area contributed by atoms with Crippen LogP contribution in [0.25, 0.3) is 0 Å². The summed E-state index contributed by atoms with van der Waals surface area (Å²) in [5.41, 5.74) is 1.64. The molecule has 0 radical (unpaired) electrons. The number of nitrogens with one attached hydrogen (secondary N) is 1. The van der Waals surface area contributed by atoms with Gasteiger partial charge in [-0.2, -0.15) is 13.2 Å². The fraction of sp³-hybridized carbons (Fsp3) is 0.455. The quantitative estimate of drug-likeness (QED) is 0.865. The van der Waals surface area contributed by atoms with Crippen molar-refractivity contribution in [2.45, 2.75) is 32.5 Å². The van der Waals surface area contributed by atoms with Crippen LogP contribution in [0.1, 0.15) is 18.9 Å². The largest absolute Gasteiger partial charge is 0.391 e. The third kappa shape index (κ3) is 4.04. The van der Waals surface area contributed by atoms with E-state index in [4.69, 9.17) is 0 Å². The number of anilines is 1. The van der Waals surface area contributed by atoms with Gasteiger partial charge in [0.2, 0.25) is 0 Å². The van der Waals surface area contributed by atoms with Crippen LogP contribution in [-0.4, -0.2) is 12.2 Å². The molecule has 0 bridgehead atoms. The average molecular weight is 296 g/mol. The van der Waals surface area contributed by atoms with E-state index in [1.54, 1.807) is 12.1 Å². The lowest BCUT2D eigenvalue weighted by Crippen LogP contribution is -2.24. The van der Waals surface area contributed by atoms with E-state index in [1.807, 2.05) is 13.0 Å². The smallest absolute Gasteiger partial charge is 0.382 e. The van der Waals surface area contributed by atoms with Gasteiger partial charge in [0.05, 0.1) is 6.42 Å². The molecule has 1 atom stereocenters. The normalized spacial score (nSPS) is 13.6. The van der Waals surface area contributed by atoms with Crippen LogP contribution in [0.4, 0.5) is 18.9 Å². The minimum absolute atomic E-state index is 0.631. The zero-order chi connectivity index (χ0) is 12.3. The van der Waals surface area contributed by atoms with Crippen molar-refractivity contribution < 1.29 is 13.2 Å². The van der Waals surface area contributed by atoms with Gasteiger partial charge in [0.15, 0.2) is 0 Å². The summed E-state index contributed by atoms with van der Waals surface area (Å²) in [7, 11) is 0. The van der Waals surface area contributed by atoms with Crippen molar-refractivity contribution in [3.8, 4) is 0 Å². The van der Waals surface area contributed by atoms with Crippen molar-refractivity contribution in [2.24, 2.45) is 0 Å². The van der Waals surface area contributed by atoms with E-state index in [0.717, 1.165) is 15.7 Å². The highest BCUT2D eigenvalue weighted by Crippen LogP contribution is 2.27. The van der Waals surface area contributed by atoms with Crippen molar-refractivity contribution in [1.82, 2.24) is 0 Å². The highest BCUT2D eigenvalue weighted by atomic mass is 79.9. The Labute approximate surface area is 101 Å². The van der Waals surface area contributed by atoms with Crippen molar-refractivity contribution in [1.29, 1.82) is 0 Å². The van der Waals surface area contributed by atoms with Crippen LogP contribution < -0.4 is 5.32 Å². The average Bonchev–Trinajstić information content (AvgIpc) is 2.09. The number of hydrogen-bond acceptors (Lipinski definition) is 1. The van der Waals surface area contributed by atoms with Gasteiger partial charge >= 0.3 is 6.18 Å². The molecule has 16 heavy (non-hydrogen) atoms. The van der Waals surface area contributed by atoms with Gasteiger partial charge in [0.1, 0.15) is 0 Å². The SMILES string of the molecule is Cc1c(Br)cccc1NC(C)CC(F)(F)F. The van der Waals surface area contributed by atoms with E-state index >= 15 is 0 Å². The van der Waals surface area contributed by atoms with Crippen molar-refractivity contribution in [2.75, 3.05) is 5.32 Å². The van der Waals surface area contributed by atoms with Crippen LogP contribution in [-0.2, 0) is 0 Å². The predicted octanol–water partition coefficient (Wildman–Crippen LogP) is 4.51. The first-order valence-corrected chi connectivity index (χ1v) is 5.67. The molecule has 1 unspecified atom stereocenters. The Morgan fingerprint density at radius 3 is 2.56 bits per heavy atom. The summed E-state index contributed by atoms with van der Waals surface area (Å²) in [5, 5.41) is 2.86. The molecule has 0 fully saturated rings. The van der Waals surface area contributed by atoms with E-state index in [1.165, 1.54) is 6.92 Å². The summed E-state index contributed by atoms with van der Waals surface area (Å²) < 4.78 is 37.3. The van der Waals surface area contributed by atoms with Gasteiger partial charge in [0.25, 0.3) is 0 Å². The lowest BCUT2D eigenvalue weighted by Gasteiger charge is -2.18. The van der Waals surface area contributed by atoms with Crippen molar-refractivity contribution in [3.63, 3.8) is 0 Å². The highest BCUT2D eigenvalue weighted by Gasteiger charge is 2.30. The Balaban J connectivity index is 2.70. The number of alkyl halides is 3. The molecule has 1 N–H and O–H groups in total. The molecule has 0 heterocycles. The molecule has 1 aromatic rings. The van der Waals surface area contributed by atoms with Gasteiger partial charge in [-0.05, 0) is 31.5 Å². The number of hydrogen-bond donors (Lipinski definition) is 1. The Kier molecular flexibility index (Phi) is 4.24. The molecule has 0 saturated heterocycles. The Hall–Kier alpha value is -0.710. The molecular weight excluding hydrogens is 283 g/mol. The molecule has 1 rings (SSSR count). The predicted molar refractivity (Wildman–Crippen MR) is 62.6 cm³/mol. The van der Waals surface area contributed by atoms with E-state index in [-0.39, 0.29) is 0 Å². The molecule has 0 saturated carbocycles. The summed E-state index contributed by atoms with van der Waals surface area (Å²) in [6.07, 6.45) is -4.97. The summed E-state index contributed by atoms with van der Waals surface area (Å²) in [4.78, 5) is 0. The second-order valence-corrected chi connectivity index (χ2v) is 4.63. The van der Waals surface area contributed by atoms with E-state index in [2.05, 4.69) is 21.2 Å². The third-order valence-corrected chi connectivity index (χ3v) is 3.07. The lowest BCUT2D eigenvalue weighted by atomic mass is 10.1. The molecule has 0 spiro atoms. The van der Waals surface area contributed by atoms with Gasteiger partial charge in [-0.3, -0.25) is 0 Å². The van der Waals surface area contributed by atoms with Gasteiger partial charge in [-0.1, -0.05) is 22.0 Å². The third-order valence-electron chi connectivity index (χ3n) is 2.21. The van der Waals surface area contributed by atoms with Gasteiger partial charge in [-0.25, -0.2) is 0 Å². The molecule has 0 aromatic heterocycles. The molecule has 0 aliphatic rings. The Bertz CT molecular complexity index is 363. The van der Waals surface area contributed by atoms with Gasteiger partial charge < -0.3 is 5.32 Å². The summed E-state index contributed by atoms with van der Waals surface area (Å²) in [6, 6.07) is 4.79. The number of halogens is 4. The fourth-order valence-electron chi connectivity index (χ4n) is 1.43. The minimum atomic E-state index is -4.13. The van der Waals surface area contributed by atoms with Gasteiger partial charge in [-0.15, -0.1) is 0 Å². The maximum atomic E-state index is 12.1. The van der Waals surface area contributed by atoms with E-state index in [0.29, 0.717) is 0 Å². The van der Waals surface area contributed by atoms with Crippen molar-refractivity contribution >= 4 is 21.6 Å². The molecular formula is C11H13BrF3N. The second-order valence-electron chi connectivity index (χ2n) is 3.78. The zero-order valence-corrected chi connectivity index (χ0v) is 10.6. The first kappa shape index (κ1) is 13.4. The van der Waals surface area contributed by atoms with Crippen LogP contribution >= 0.6 is 15.9 Å². The molecule has 5 heteroatoms. The molecule has 0 amide bonds. The highest BCUT2D eigenvalue weighted by molar-refractivity contribution is 9.10. The van der Waals surface area contributed by atoms with Crippen LogP contribution in [0.5, 0.6) is 0 Å². The van der Waals surface area contributed by atoms with Crippen LogP contribution in [0.3, 0.4) is 0 Å². The van der Waals surface area contributed by atoms with Gasteiger partial charge in [0, 0.05) is 16.2 Å². The molecule has 1 aromatic carbocycles. The zero-order valence-electron chi connectivity index (χ0n) is 9.03. The Morgan fingerprint density at radius 2 is 2.00 bits per heavy atom. The lowest BCUT2D eigenvalue weighted by molar-refractivity contribution is -0.136. The summed E-state index contributed by atoms with van der Waals surface area (Å²) in [6.45, 7) is 3.38. The molecule has 1 nitrogen and oxygen atoms in total. The maximum Gasteiger partial charge on any atom is 0.391 e. The molecule has 0 aliphatic heterocycles. The summed E-state index contributed by atoms with van der Waals surface area (Å²) >= 11 is 3.34. The molecule has 90 valence electrons.